The Kier molecular flexibility index (Phi) is 4.69. The smallest absolute Gasteiger partial charge is 0.0823 e. The van der Waals surface area contributed by atoms with Crippen LogP contribution in [0.4, 0.5) is 0 Å². The monoisotopic (exact) mass is 354 g/mol. The average Bonchev–Trinajstić information content (AvgIpc) is 2.50. The number of benzene rings is 1. The number of aliphatic hydroxyl groups is 1. The lowest BCUT2D eigenvalue weighted by Crippen LogP contribution is -2.45. The summed E-state index contributed by atoms with van der Waals surface area (Å²) in [5, 5.41) is 10.9. The molecule has 0 amide bonds. The van der Waals surface area contributed by atoms with Crippen LogP contribution in [-0.4, -0.2) is 30.5 Å². The molecule has 2 heterocycles. The van der Waals surface area contributed by atoms with Crippen LogP contribution in [0.3, 0.4) is 0 Å². The molecule has 4 heteroatoms. The molecule has 0 aliphatic carbocycles. The van der Waals surface area contributed by atoms with E-state index in [9.17, 15) is 5.11 Å². The van der Waals surface area contributed by atoms with Crippen LogP contribution in [0.1, 0.15) is 42.9 Å². The Morgan fingerprint density at radius 2 is 2.05 bits per heavy atom. The van der Waals surface area contributed by atoms with Crippen LogP contribution in [-0.2, 0) is 9.47 Å². The van der Waals surface area contributed by atoms with Gasteiger partial charge in [0, 0.05) is 24.3 Å². The fourth-order valence-corrected chi connectivity index (χ4v) is 3.99. The van der Waals surface area contributed by atoms with Crippen molar-refractivity contribution in [1.82, 2.24) is 0 Å². The Balaban J connectivity index is 1.77. The molecule has 2 aliphatic rings. The number of aryl methyl sites for hydroxylation is 1. The first kappa shape index (κ1) is 15.5. The molecule has 3 nitrogen and oxygen atoms in total. The van der Waals surface area contributed by atoms with Gasteiger partial charge in [0.2, 0.25) is 0 Å². The Bertz CT molecular complexity index is 491. The molecule has 0 aromatic heterocycles. The summed E-state index contributed by atoms with van der Waals surface area (Å²) in [4.78, 5) is 0. The second-order valence-corrected chi connectivity index (χ2v) is 7.26. The minimum atomic E-state index is -0.411. The van der Waals surface area contributed by atoms with Crippen LogP contribution in [0.15, 0.2) is 22.7 Å². The highest BCUT2D eigenvalue weighted by atomic mass is 79.9. The molecule has 1 spiro atoms. The van der Waals surface area contributed by atoms with E-state index in [1.807, 2.05) is 12.1 Å². The van der Waals surface area contributed by atoms with Gasteiger partial charge in [-0.15, -0.1) is 0 Å². The van der Waals surface area contributed by atoms with Crippen LogP contribution in [0.25, 0.3) is 0 Å². The van der Waals surface area contributed by atoms with Crippen molar-refractivity contribution in [3.05, 3.63) is 33.8 Å². The highest BCUT2D eigenvalue weighted by Gasteiger charge is 2.41. The van der Waals surface area contributed by atoms with E-state index in [4.69, 9.17) is 9.47 Å². The zero-order valence-corrected chi connectivity index (χ0v) is 14.1. The summed E-state index contributed by atoms with van der Waals surface area (Å²) < 4.78 is 12.6. The molecule has 0 saturated carbocycles. The molecule has 2 aliphatic heterocycles. The van der Waals surface area contributed by atoms with Gasteiger partial charge in [-0.3, -0.25) is 0 Å². The molecule has 1 aromatic rings. The summed E-state index contributed by atoms with van der Waals surface area (Å²) in [6.07, 6.45) is 3.35. The van der Waals surface area contributed by atoms with Gasteiger partial charge < -0.3 is 14.6 Å². The molecule has 0 radical (unpaired) electrons. The molecule has 116 valence electrons. The van der Waals surface area contributed by atoms with E-state index < -0.39 is 6.10 Å². The minimum absolute atomic E-state index is 0.0674. The summed E-state index contributed by atoms with van der Waals surface area (Å²) in [5.74, 6) is 0.268. The number of hydrogen-bond donors (Lipinski definition) is 1. The van der Waals surface area contributed by atoms with Crippen molar-refractivity contribution in [2.24, 2.45) is 5.92 Å². The summed E-state index contributed by atoms with van der Waals surface area (Å²) >= 11 is 3.51. The average molecular weight is 355 g/mol. The van der Waals surface area contributed by atoms with Gasteiger partial charge in [0.15, 0.2) is 0 Å². The van der Waals surface area contributed by atoms with E-state index in [0.29, 0.717) is 0 Å². The second-order valence-electron chi connectivity index (χ2n) is 6.34. The van der Waals surface area contributed by atoms with Crippen molar-refractivity contribution in [3.63, 3.8) is 0 Å². The lowest BCUT2D eigenvalue weighted by Gasteiger charge is -2.44. The summed E-state index contributed by atoms with van der Waals surface area (Å²) in [7, 11) is 0. The van der Waals surface area contributed by atoms with Gasteiger partial charge in [0.25, 0.3) is 0 Å². The fraction of sp³-hybridized carbons (Fsp3) is 0.647. The zero-order chi connectivity index (χ0) is 14.9. The predicted octanol–water partition coefficient (Wildman–Crippen LogP) is 3.77. The molecule has 1 N–H and O–H groups in total. The lowest BCUT2D eigenvalue weighted by molar-refractivity contribution is -0.159. The molecule has 1 aromatic carbocycles. The minimum Gasteiger partial charge on any atom is -0.388 e. The third-order valence-corrected chi connectivity index (χ3v) is 5.43. The number of hydrogen-bond acceptors (Lipinski definition) is 3. The Morgan fingerprint density at radius 3 is 2.81 bits per heavy atom. The standard InChI is InChI=1S/C17H23BrO3/c1-12-2-3-14(18)10-15(12)16(19)13-4-7-21-17(11-13)5-8-20-9-6-17/h2-3,10,13,16,19H,4-9,11H2,1H3. The van der Waals surface area contributed by atoms with Crippen molar-refractivity contribution in [2.45, 2.75) is 44.3 Å². The normalized spacial score (nSPS) is 26.7. The topological polar surface area (TPSA) is 38.7 Å². The molecular weight excluding hydrogens is 332 g/mol. The number of aliphatic hydroxyl groups excluding tert-OH is 1. The predicted molar refractivity (Wildman–Crippen MR) is 85.3 cm³/mol. The SMILES string of the molecule is Cc1ccc(Br)cc1C(O)C1CCOC2(CCOCC2)C1. The first-order valence-electron chi connectivity index (χ1n) is 7.75. The molecule has 2 atom stereocenters. The van der Waals surface area contributed by atoms with Gasteiger partial charge in [-0.2, -0.15) is 0 Å². The van der Waals surface area contributed by atoms with Crippen LogP contribution in [0.2, 0.25) is 0 Å². The highest BCUT2D eigenvalue weighted by molar-refractivity contribution is 9.10. The van der Waals surface area contributed by atoms with E-state index in [-0.39, 0.29) is 11.5 Å². The number of halogens is 1. The maximum absolute atomic E-state index is 10.9. The third kappa shape index (κ3) is 3.34. The van der Waals surface area contributed by atoms with E-state index in [0.717, 1.165) is 61.1 Å². The van der Waals surface area contributed by atoms with Gasteiger partial charge in [-0.05, 0) is 61.8 Å². The second kappa shape index (κ2) is 6.37. The Labute approximate surface area is 134 Å². The Morgan fingerprint density at radius 1 is 1.29 bits per heavy atom. The van der Waals surface area contributed by atoms with E-state index in [1.54, 1.807) is 0 Å². The van der Waals surface area contributed by atoms with Crippen molar-refractivity contribution >= 4 is 15.9 Å². The van der Waals surface area contributed by atoms with E-state index in [2.05, 4.69) is 28.9 Å². The van der Waals surface area contributed by atoms with Crippen molar-refractivity contribution in [3.8, 4) is 0 Å². The number of rotatable bonds is 2. The maximum atomic E-state index is 10.9. The Hall–Kier alpha value is -0.420. The van der Waals surface area contributed by atoms with Crippen LogP contribution >= 0.6 is 15.9 Å². The molecule has 2 saturated heterocycles. The molecular formula is C17H23BrO3. The first-order chi connectivity index (χ1) is 10.1. The van der Waals surface area contributed by atoms with Crippen molar-refractivity contribution < 1.29 is 14.6 Å². The zero-order valence-electron chi connectivity index (χ0n) is 12.5. The summed E-state index contributed by atoms with van der Waals surface area (Å²) in [5.41, 5.74) is 2.12. The van der Waals surface area contributed by atoms with Crippen molar-refractivity contribution in [2.75, 3.05) is 19.8 Å². The lowest BCUT2D eigenvalue weighted by atomic mass is 9.77. The van der Waals surface area contributed by atoms with Gasteiger partial charge in [0.05, 0.1) is 11.7 Å². The highest BCUT2D eigenvalue weighted by Crippen LogP contribution is 2.42. The van der Waals surface area contributed by atoms with Gasteiger partial charge >= 0.3 is 0 Å². The summed E-state index contributed by atoms with van der Waals surface area (Å²) in [6, 6.07) is 6.13. The fourth-order valence-electron chi connectivity index (χ4n) is 3.61. The molecule has 21 heavy (non-hydrogen) atoms. The van der Waals surface area contributed by atoms with E-state index in [1.165, 1.54) is 0 Å². The summed E-state index contributed by atoms with van der Waals surface area (Å²) in [6.45, 7) is 4.36. The van der Waals surface area contributed by atoms with Gasteiger partial charge in [-0.25, -0.2) is 0 Å². The van der Waals surface area contributed by atoms with E-state index >= 15 is 0 Å². The maximum Gasteiger partial charge on any atom is 0.0823 e. The molecule has 2 fully saturated rings. The third-order valence-electron chi connectivity index (χ3n) is 4.94. The van der Waals surface area contributed by atoms with Crippen LogP contribution in [0, 0.1) is 12.8 Å². The van der Waals surface area contributed by atoms with Crippen molar-refractivity contribution in [1.29, 1.82) is 0 Å². The number of ether oxygens (including phenoxy) is 2. The van der Waals surface area contributed by atoms with Crippen LogP contribution in [0.5, 0.6) is 0 Å². The van der Waals surface area contributed by atoms with Gasteiger partial charge in [0.1, 0.15) is 0 Å². The first-order valence-corrected chi connectivity index (χ1v) is 8.55. The quantitative estimate of drug-likeness (QED) is 0.878. The molecule has 3 rings (SSSR count). The largest absolute Gasteiger partial charge is 0.388 e. The molecule has 2 unspecified atom stereocenters. The molecule has 0 bridgehead atoms. The van der Waals surface area contributed by atoms with Crippen LogP contribution < -0.4 is 0 Å². The van der Waals surface area contributed by atoms with Gasteiger partial charge in [-0.1, -0.05) is 22.0 Å².